The number of hydrogen-bond donors (Lipinski definition) is 1. The molecule has 3 rings (SSSR count). The van der Waals surface area contributed by atoms with Crippen molar-refractivity contribution >= 4 is 11.5 Å². The summed E-state index contributed by atoms with van der Waals surface area (Å²) < 4.78 is 2.03. The fourth-order valence-corrected chi connectivity index (χ4v) is 2.71. The molecule has 106 valence electrons. The first kappa shape index (κ1) is 13.0. The van der Waals surface area contributed by atoms with Crippen LogP contribution in [0.5, 0.6) is 0 Å². The van der Waals surface area contributed by atoms with Crippen molar-refractivity contribution in [1.82, 2.24) is 14.5 Å². The predicted molar refractivity (Wildman–Crippen MR) is 80.9 cm³/mol. The Balaban J connectivity index is 1.67. The highest BCUT2D eigenvalue weighted by Gasteiger charge is 2.14. The van der Waals surface area contributed by atoms with Crippen molar-refractivity contribution in [1.29, 1.82) is 0 Å². The van der Waals surface area contributed by atoms with Crippen LogP contribution in [0.2, 0.25) is 0 Å². The Morgan fingerprint density at radius 2 is 2.00 bits per heavy atom. The smallest absolute Gasteiger partial charge is 0.130 e. The number of anilines is 2. The highest BCUT2D eigenvalue weighted by molar-refractivity contribution is 5.49. The highest BCUT2D eigenvalue weighted by Crippen LogP contribution is 2.21. The van der Waals surface area contributed by atoms with Crippen LogP contribution in [0.4, 0.5) is 11.5 Å². The molecule has 0 saturated carbocycles. The van der Waals surface area contributed by atoms with Gasteiger partial charge in [-0.2, -0.15) is 0 Å². The van der Waals surface area contributed by atoms with E-state index in [0.29, 0.717) is 0 Å². The number of aryl methyl sites for hydroxylation is 1. The Bertz CT molecular complexity index is 554. The van der Waals surface area contributed by atoms with Crippen molar-refractivity contribution in [3.05, 3.63) is 36.5 Å². The van der Waals surface area contributed by atoms with Crippen LogP contribution in [-0.2, 0) is 7.05 Å². The lowest BCUT2D eigenvalue weighted by Gasteiger charge is -2.18. The number of aromatic nitrogens is 3. The lowest BCUT2D eigenvalue weighted by molar-refractivity contribution is 0.721. The molecule has 2 aromatic rings. The van der Waals surface area contributed by atoms with Crippen LogP contribution in [0.25, 0.3) is 0 Å². The average Bonchev–Trinajstić information content (AvgIpc) is 3.10. The maximum atomic E-state index is 4.55. The number of pyridine rings is 1. The lowest BCUT2D eigenvalue weighted by atomic mass is 10.3. The van der Waals surface area contributed by atoms with E-state index in [-0.39, 0.29) is 6.04 Å². The Kier molecular flexibility index (Phi) is 3.58. The Labute approximate surface area is 119 Å². The number of nitrogens with one attached hydrogen (secondary N) is 1. The molecule has 1 fully saturated rings. The van der Waals surface area contributed by atoms with Crippen molar-refractivity contribution in [3.8, 4) is 0 Å². The van der Waals surface area contributed by atoms with Gasteiger partial charge in [-0.05, 0) is 31.9 Å². The predicted octanol–water partition coefficient (Wildman–Crippen LogP) is 2.59. The molecule has 1 unspecified atom stereocenters. The van der Waals surface area contributed by atoms with Gasteiger partial charge in [0.05, 0.1) is 17.9 Å². The third kappa shape index (κ3) is 2.61. The summed E-state index contributed by atoms with van der Waals surface area (Å²) in [6, 6.07) is 4.35. The molecule has 1 aliphatic rings. The fourth-order valence-electron chi connectivity index (χ4n) is 2.71. The molecular formula is C15H21N5. The van der Waals surface area contributed by atoms with Gasteiger partial charge < -0.3 is 14.8 Å². The molecule has 1 saturated heterocycles. The quantitative estimate of drug-likeness (QED) is 0.928. The molecule has 20 heavy (non-hydrogen) atoms. The zero-order valence-electron chi connectivity index (χ0n) is 12.1. The SMILES string of the molecule is CC(Nc1ccc(N2CCCC2)nc1)c1nccn1C. The molecule has 0 bridgehead atoms. The molecule has 1 aliphatic heterocycles. The van der Waals surface area contributed by atoms with Crippen LogP contribution in [0.1, 0.15) is 31.6 Å². The van der Waals surface area contributed by atoms with Crippen LogP contribution in [0, 0.1) is 0 Å². The summed E-state index contributed by atoms with van der Waals surface area (Å²) in [5.74, 6) is 2.10. The molecule has 0 amide bonds. The zero-order valence-corrected chi connectivity index (χ0v) is 12.1. The van der Waals surface area contributed by atoms with E-state index >= 15 is 0 Å². The van der Waals surface area contributed by atoms with Gasteiger partial charge in [0.15, 0.2) is 0 Å². The van der Waals surface area contributed by atoms with E-state index in [2.05, 4.69) is 39.2 Å². The van der Waals surface area contributed by atoms with Crippen LogP contribution >= 0.6 is 0 Å². The van der Waals surface area contributed by atoms with Gasteiger partial charge in [0.1, 0.15) is 11.6 Å². The van der Waals surface area contributed by atoms with E-state index in [4.69, 9.17) is 0 Å². The summed E-state index contributed by atoms with van der Waals surface area (Å²) in [5, 5.41) is 3.44. The third-order valence-corrected chi connectivity index (χ3v) is 3.81. The number of rotatable bonds is 4. The lowest BCUT2D eigenvalue weighted by Crippen LogP contribution is -2.19. The van der Waals surface area contributed by atoms with Gasteiger partial charge in [0, 0.05) is 32.5 Å². The molecule has 0 spiro atoms. The van der Waals surface area contributed by atoms with E-state index in [1.807, 2.05) is 30.2 Å². The van der Waals surface area contributed by atoms with Gasteiger partial charge in [-0.15, -0.1) is 0 Å². The van der Waals surface area contributed by atoms with Crippen molar-refractivity contribution in [2.75, 3.05) is 23.3 Å². The topological polar surface area (TPSA) is 46.0 Å². The Hall–Kier alpha value is -2.04. The second kappa shape index (κ2) is 5.53. The molecule has 5 nitrogen and oxygen atoms in total. The van der Waals surface area contributed by atoms with E-state index in [0.717, 1.165) is 30.4 Å². The molecule has 3 heterocycles. The molecule has 1 atom stereocenters. The van der Waals surface area contributed by atoms with E-state index in [9.17, 15) is 0 Å². The van der Waals surface area contributed by atoms with Crippen molar-refractivity contribution < 1.29 is 0 Å². The highest BCUT2D eigenvalue weighted by atomic mass is 15.2. The molecule has 1 N–H and O–H groups in total. The van der Waals surface area contributed by atoms with Gasteiger partial charge in [-0.1, -0.05) is 0 Å². The number of imidazole rings is 1. The minimum atomic E-state index is 0.162. The van der Waals surface area contributed by atoms with Crippen LogP contribution in [0.15, 0.2) is 30.7 Å². The van der Waals surface area contributed by atoms with Crippen molar-refractivity contribution in [3.63, 3.8) is 0 Å². The Morgan fingerprint density at radius 3 is 2.60 bits per heavy atom. The summed E-state index contributed by atoms with van der Waals surface area (Å²) in [4.78, 5) is 11.3. The normalized spacial score (nSPS) is 16.4. The minimum Gasteiger partial charge on any atom is -0.374 e. The molecule has 0 aliphatic carbocycles. The average molecular weight is 271 g/mol. The first-order chi connectivity index (χ1) is 9.74. The minimum absolute atomic E-state index is 0.162. The second-order valence-corrected chi connectivity index (χ2v) is 5.36. The van der Waals surface area contributed by atoms with Crippen LogP contribution < -0.4 is 10.2 Å². The third-order valence-electron chi connectivity index (χ3n) is 3.81. The van der Waals surface area contributed by atoms with Gasteiger partial charge in [0.2, 0.25) is 0 Å². The maximum absolute atomic E-state index is 4.55. The number of nitrogens with zero attached hydrogens (tertiary/aromatic N) is 4. The summed E-state index contributed by atoms with van der Waals surface area (Å²) in [7, 11) is 2.01. The standard InChI is InChI=1S/C15H21N5/c1-12(15-16-7-10-19(15)2)18-13-5-6-14(17-11-13)20-8-3-4-9-20/h5-7,10-12,18H,3-4,8-9H2,1-2H3. The van der Waals surface area contributed by atoms with E-state index < -0.39 is 0 Å². The molecule has 2 aromatic heterocycles. The summed E-state index contributed by atoms with van der Waals surface area (Å²) >= 11 is 0. The molecular weight excluding hydrogens is 250 g/mol. The molecule has 0 aromatic carbocycles. The zero-order chi connectivity index (χ0) is 13.9. The van der Waals surface area contributed by atoms with E-state index in [1.54, 1.807) is 0 Å². The van der Waals surface area contributed by atoms with E-state index in [1.165, 1.54) is 12.8 Å². The Morgan fingerprint density at radius 1 is 1.20 bits per heavy atom. The first-order valence-electron chi connectivity index (χ1n) is 7.19. The van der Waals surface area contributed by atoms with Crippen molar-refractivity contribution in [2.45, 2.75) is 25.8 Å². The number of hydrogen-bond acceptors (Lipinski definition) is 4. The van der Waals surface area contributed by atoms with Gasteiger partial charge >= 0.3 is 0 Å². The molecule has 0 radical (unpaired) electrons. The first-order valence-corrected chi connectivity index (χ1v) is 7.19. The fraction of sp³-hybridized carbons (Fsp3) is 0.467. The largest absolute Gasteiger partial charge is 0.374 e. The van der Waals surface area contributed by atoms with Gasteiger partial charge in [0.25, 0.3) is 0 Å². The van der Waals surface area contributed by atoms with Crippen LogP contribution in [0.3, 0.4) is 0 Å². The van der Waals surface area contributed by atoms with Gasteiger partial charge in [-0.25, -0.2) is 9.97 Å². The second-order valence-electron chi connectivity index (χ2n) is 5.36. The molecule has 5 heteroatoms. The van der Waals surface area contributed by atoms with Crippen molar-refractivity contribution in [2.24, 2.45) is 7.05 Å². The summed E-state index contributed by atoms with van der Waals surface area (Å²) in [6.45, 7) is 4.36. The summed E-state index contributed by atoms with van der Waals surface area (Å²) in [5.41, 5.74) is 1.03. The van der Waals surface area contributed by atoms with Crippen LogP contribution in [-0.4, -0.2) is 27.6 Å². The van der Waals surface area contributed by atoms with Gasteiger partial charge in [-0.3, -0.25) is 0 Å². The monoisotopic (exact) mass is 271 g/mol. The summed E-state index contributed by atoms with van der Waals surface area (Å²) in [6.07, 6.45) is 8.24. The maximum Gasteiger partial charge on any atom is 0.130 e.